The number of benzene rings is 1. The van der Waals surface area contributed by atoms with Crippen molar-refractivity contribution in [3.8, 4) is 0 Å². The molecule has 0 spiro atoms. The topological polar surface area (TPSA) is 12.0 Å². The molecule has 1 atom stereocenters. The minimum absolute atomic E-state index is 0.575. The van der Waals surface area contributed by atoms with Gasteiger partial charge in [-0.15, -0.1) is 0 Å². The number of rotatable bonds is 4. The SMILES string of the molecule is CC(C)NC[C@@H](C)c1ccccc1. The Morgan fingerprint density at radius 3 is 2.23 bits per heavy atom. The average Bonchev–Trinajstić information content (AvgIpc) is 2.15. The third-order valence-corrected chi connectivity index (χ3v) is 2.20. The molecule has 0 amide bonds. The summed E-state index contributed by atoms with van der Waals surface area (Å²) in [5.41, 5.74) is 1.41. The Labute approximate surface area is 81.2 Å². The number of hydrogen-bond acceptors (Lipinski definition) is 1. The van der Waals surface area contributed by atoms with Crippen LogP contribution in [0.4, 0.5) is 0 Å². The van der Waals surface area contributed by atoms with Gasteiger partial charge in [-0.1, -0.05) is 51.1 Å². The van der Waals surface area contributed by atoms with Crippen LogP contribution in [0.3, 0.4) is 0 Å². The molecular weight excluding hydrogens is 158 g/mol. The van der Waals surface area contributed by atoms with Crippen LogP contribution in [0, 0.1) is 0 Å². The normalized spacial score (nSPS) is 13.2. The van der Waals surface area contributed by atoms with Gasteiger partial charge in [0.05, 0.1) is 0 Å². The fraction of sp³-hybridized carbons (Fsp3) is 0.500. The van der Waals surface area contributed by atoms with Crippen molar-refractivity contribution in [2.24, 2.45) is 0 Å². The van der Waals surface area contributed by atoms with Crippen molar-refractivity contribution < 1.29 is 0 Å². The van der Waals surface area contributed by atoms with E-state index in [1.54, 1.807) is 0 Å². The molecule has 0 aromatic heterocycles. The molecule has 0 aliphatic heterocycles. The molecule has 0 aliphatic carbocycles. The number of nitrogens with one attached hydrogen (secondary N) is 1. The molecule has 1 heteroatoms. The second-order valence-electron chi connectivity index (χ2n) is 3.87. The molecule has 0 bridgehead atoms. The van der Waals surface area contributed by atoms with Gasteiger partial charge in [-0.05, 0) is 11.5 Å². The second kappa shape index (κ2) is 5.03. The maximum atomic E-state index is 3.44. The van der Waals surface area contributed by atoms with Gasteiger partial charge in [0, 0.05) is 12.6 Å². The lowest BCUT2D eigenvalue weighted by molar-refractivity contribution is 0.548. The monoisotopic (exact) mass is 177 g/mol. The summed E-state index contributed by atoms with van der Waals surface area (Å²) in [5.74, 6) is 0.601. The molecule has 1 nitrogen and oxygen atoms in total. The molecule has 0 unspecified atom stereocenters. The van der Waals surface area contributed by atoms with Crippen molar-refractivity contribution in [1.82, 2.24) is 5.32 Å². The minimum Gasteiger partial charge on any atom is -0.314 e. The average molecular weight is 177 g/mol. The summed E-state index contributed by atoms with van der Waals surface area (Å²) in [4.78, 5) is 0. The molecule has 0 aliphatic rings. The maximum absolute atomic E-state index is 3.44. The zero-order valence-corrected chi connectivity index (χ0v) is 8.75. The summed E-state index contributed by atoms with van der Waals surface area (Å²) < 4.78 is 0. The van der Waals surface area contributed by atoms with Gasteiger partial charge in [-0.3, -0.25) is 0 Å². The van der Waals surface area contributed by atoms with E-state index in [-0.39, 0.29) is 0 Å². The van der Waals surface area contributed by atoms with Crippen LogP contribution in [0.1, 0.15) is 32.3 Å². The highest BCUT2D eigenvalue weighted by molar-refractivity contribution is 5.18. The third-order valence-electron chi connectivity index (χ3n) is 2.20. The van der Waals surface area contributed by atoms with E-state index in [0.717, 1.165) is 6.54 Å². The standard InChI is InChI=1S/C12H19N/c1-10(2)13-9-11(3)12-7-5-4-6-8-12/h4-8,10-11,13H,9H2,1-3H3/t11-/m1/s1. The quantitative estimate of drug-likeness (QED) is 0.745. The van der Waals surface area contributed by atoms with Gasteiger partial charge in [0.15, 0.2) is 0 Å². The van der Waals surface area contributed by atoms with E-state index in [4.69, 9.17) is 0 Å². The zero-order valence-electron chi connectivity index (χ0n) is 8.75. The zero-order chi connectivity index (χ0) is 9.68. The highest BCUT2D eigenvalue weighted by Gasteiger charge is 2.04. The van der Waals surface area contributed by atoms with Crippen molar-refractivity contribution in [1.29, 1.82) is 0 Å². The van der Waals surface area contributed by atoms with E-state index in [0.29, 0.717) is 12.0 Å². The molecule has 0 radical (unpaired) electrons. The first-order valence-electron chi connectivity index (χ1n) is 4.98. The van der Waals surface area contributed by atoms with Crippen LogP contribution in [0.5, 0.6) is 0 Å². The first-order chi connectivity index (χ1) is 6.20. The first-order valence-corrected chi connectivity index (χ1v) is 4.98. The van der Waals surface area contributed by atoms with Crippen molar-refractivity contribution >= 4 is 0 Å². The first kappa shape index (κ1) is 10.3. The van der Waals surface area contributed by atoms with Gasteiger partial charge in [-0.25, -0.2) is 0 Å². The molecular formula is C12H19N. The molecule has 1 aromatic carbocycles. The molecule has 0 saturated heterocycles. The molecule has 1 aromatic rings. The summed E-state index contributed by atoms with van der Waals surface area (Å²) in [7, 11) is 0. The maximum Gasteiger partial charge on any atom is 0.00198 e. The van der Waals surface area contributed by atoms with Crippen LogP contribution >= 0.6 is 0 Å². The van der Waals surface area contributed by atoms with Crippen molar-refractivity contribution in [2.75, 3.05) is 6.54 Å². The highest BCUT2D eigenvalue weighted by atomic mass is 14.9. The molecule has 0 saturated carbocycles. The minimum atomic E-state index is 0.575. The molecule has 72 valence electrons. The van der Waals surface area contributed by atoms with E-state index < -0.39 is 0 Å². The van der Waals surface area contributed by atoms with Crippen molar-refractivity contribution in [2.45, 2.75) is 32.7 Å². The van der Waals surface area contributed by atoms with Crippen LogP contribution in [0.2, 0.25) is 0 Å². The lowest BCUT2D eigenvalue weighted by Gasteiger charge is -2.14. The highest BCUT2D eigenvalue weighted by Crippen LogP contribution is 2.12. The fourth-order valence-corrected chi connectivity index (χ4v) is 1.31. The van der Waals surface area contributed by atoms with Crippen LogP contribution < -0.4 is 5.32 Å². The molecule has 1 N–H and O–H groups in total. The van der Waals surface area contributed by atoms with E-state index in [1.807, 2.05) is 0 Å². The molecule has 0 heterocycles. The fourth-order valence-electron chi connectivity index (χ4n) is 1.31. The van der Waals surface area contributed by atoms with E-state index in [9.17, 15) is 0 Å². The Morgan fingerprint density at radius 1 is 1.08 bits per heavy atom. The van der Waals surface area contributed by atoms with Crippen molar-refractivity contribution in [3.05, 3.63) is 35.9 Å². The van der Waals surface area contributed by atoms with Gasteiger partial charge in [0.25, 0.3) is 0 Å². The van der Waals surface area contributed by atoms with Crippen molar-refractivity contribution in [3.63, 3.8) is 0 Å². The smallest absolute Gasteiger partial charge is 0.00198 e. The van der Waals surface area contributed by atoms with Crippen LogP contribution in [0.25, 0.3) is 0 Å². The predicted octanol–water partition coefficient (Wildman–Crippen LogP) is 2.79. The summed E-state index contributed by atoms with van der Waals surface area (Å²) in [6.45, 7) is 7.67. The van der Waals surface area contributed by atoms with E-state index in [1.165, 1.54) is 5.56 Å². The molecule has 1 rings (SSSR count). The Kier molecular flexibility index (Phi) is 3.97. The molecule has 0 fully saturated rings. The van der Waals surface area contributed by atoms with Gasteiger partial charge in [0.1, 0.15) is 0 Å². The lowest BCUT2D eigenvalue weighted by atomic mass is 10.0. The van der Waals surface area contributed by atoms with Crippen LogP contribution in [0.15, 0.2) is 30.3 Å². The summed E-state index contributed by atoms with van der Waals surface area (Å²) in [6.07, 6.45) is 0. The number of hydrogen-bond donors (Lipinski definition) is 1. The summed E-state index contributed by atoms with van der Waals surface area (Å²) >= 11 is 0. The molecule has 13 heavy (non-hydrogen) atoms. The lowest BCUT2D eigenvalue weighted by Crippen LogP contribution is -2.26. The van der Waals surface area contributed by atoms with Gasteiger partial charge in [-0.2, -0.15) is 0 Å². The Morgan fingerprint density at radius 2 is 1.69 bits per heavy atom. The summed E-state index contributed by atoms with van der Waals surface area (Å²) in [5, 5.41) is 3.44. The Balaban J connectivity index is 2.44. The van der Waals surface area contributed by atoms with E-state index in [2.05, 4.69) is 56.4 Å². The van der Waals surface area contributed by atoms with Gasteiger partial charge >= 0.3 is 0 Å². The Hall–Kier alpha value is -0.820. The predicted molar refractivity (Wildman–Crippen MR) is 58.0 cm³/mol. The third kappa shape index (κ3) is 3.60. The largest absolute Gasteiger partial charge is 0.314 e. The van der Waals surface area contributed by atoms with Crippen LogP contribution in [-0.4, -0.2) is 12.6 Å². The van der Waals surface area contributed by atoms with Gasteiger partial charge in [0.2, 0.25) is 0 Å². The van der Waals surface area contributed by atoms with Gasteiger partial charge < -0.3 is 5.32 Å². The second-order valence-corrected chi connectivity index (χ2v) is 3.87. The van der Waals surface area contributed by atoms with Crippen LogP contribution in [-0.2, 0) is 0 Å². The van der Waals surface area contributed by atoms with E-state index >= 15 is 0 Å². The summed E-state index contributed by atoms with van der Waals surface area (Å²) in [6, 6.07) is 11.2. The Bertz CT molecular complexity index is 228.